The highest BCUT2D eigenvalue weighted by molar-refractivity contribution is 7.19. The first kappa shape index (κ1) is 9.21. The number of carboxylic acid groups (broad SMARTS) is 1. The van der Waals surface area contributed by atoms with Crippen LogP contribution in [0.5, 0.6) is 0 Å². The number of hydrogen-bond donors (Lipinski definition) is 0. The number of thiophene rings is 1. The Bertz CT molecular complexity index is 440. The predicted octanol–water partition coefficient (Wildman–Crippen LogP) is 1.75. The van der Waals surface area contributed by atoms with Crippen LogP contribution in [0.25, 0.3) is 10.1 Å². The van der Waals surface area contributed by atoms with Crippen LogP contribution in [0.15, 0.2) is 30.3 Å². The van der Waals surface area contributed by atoms with E-state index in [1.165, 1.54) is 11.3 Å². The second-order valence-corrected chi connectivity index (χ2v) is 4.34. The van der Waals surface area contributed by atoms with E-state index in [0.717, 1.165) is 15.0 Å². The van der Waals surface area contributed by atoms with Crippen molar-refractivity contribution in [2.45, 2.75) is 12.8 Å². The van der Waals surface area contributed by atoms with Crippen LogP contribution in [-0.4, -0.2) is 5.97 Å². The third-order valence-corrected chi connectivity index (χ3v) is 3.52. The zero-order valence-corrected chi connectivity index (χ0v) is 8.51. The summed E-state index contributed by atoms with van der Waals surface area (Å²) >= 11 is 1.51. The van der Waals surface area contributed by atoms with Crippen LogP contribution in [0.1, 0.15) is 17.7 Å². The quantitative estimate of drug-likeness (QED) is 0.749. The molecule has 0 radical (unpaired) electrons. The van der Waals surface area contributed by atoms with Gasteiger partial charge in [0.2, 0.25) is 0 Å². The van der Waals surface area contributed by atoms with Gasteiger partial charge < -0.3 is 9.90 Å². The van der Waals surface area contributed by atoms with Gasteiger partial charge in [-0.25, -0.2) is 0 Å². The molecule has 0 saturated carbocycles. The molecule has 2 nitrogen and oxygen atoms in total. The normalized spacial score (nSPS) is 12.9. The third kappa shape index (κ3) is 1.51. The molecule has 2 rings (SSSR count). The molecular weight excluding hydrogens is 196 g/mol. The number of carbonyl (C=O) groups excluding carboxylic acids is 1. The number of rotatable bonds is 2. The summed E-state index contributed by atoms with van der Waals surface area (Å²) in [6.45, 7) is 1.65. The molecule has 1 atom stereocenters. The van der Waals surface area contributed by atoms with Crippen molar-refractivity contribution >= 4 is 27.4 Å². The zero-order chi connectivity index (χ0) is 10.1. The Morgan fingerprint density at radius 1 is 1.43 bits per heavy atom. The SMILES string of the molecule is C[C@@H](C(=O)[O-])c1cc2ccccc2s1. The molecule has 1 aromatic heterocycles. The lowest BCUT2D eigenvalue weighted by Gasteiger charge is -2.08. The minimum atomic E-state index is -1.02. The molecule has 0 fully saturated rings. The first-order valence-corrected chi connectivity index (χ1v) is 5.19. The minimum Gasteiger partial charge on any atom is -0.549 e. The number of carboxylic acids is 1. The lowest BCUT2D eigenvalue weighted by atomic mass is 10.1. The number of carbonyl (C=O) groups is 1. The Hall–Kier alpha value is -1.35. The van der Waals surface area contributed by atoms with E-state index in [9.17, 15) is 9.90 Å². The van der Waals surface area contributed by atoms with Gasteiger partial charge in [-0.2, -0.15) is 0 Å². The first-order chi connectivity index (χ1) is 6.68. The van der Waals surface area contributed by atoms with Crippen molar-refractivity contribution in [2.75, 3.05) is 0 Å². The zero-order valence-electron chi connectivity index (χ0n) is 7.69. The highest BCUT2D eigenvalue weighted by Crippen LogP contribution is 2.30. The highest BCUT2D eigenvalue weighted by atomic mass is 32.1. The van der Waals surface area contributed by atoms with Crippen LogP contribution in [0.2, 0.25) is 0 Å². The standard InChI is InChI=1S/C11H10O2S/c1-7(11(12)13)10-6-8-4-2-3-5-9(8)14-10/h2-7H,1H3,(H,12,13)/p-1/t7-/m1/s1. The van der Waals surface area contributed by atoms with E-state index in [1.54, 1.807) is 6.92 Å². The van der Waals surface area contributed by atoms with Crippen LogP contribution >= 0.6 is 11.3 Å². The average molecular weight is 205 g/mol. The van der Waals surface area contributed by atoms with Gasteiger partial charge in [0.1, 0.15) is 0 Å². The summed E-state index contributed by atoms with van der Waals surface area (Å²) in [5.41, 5.74) is 0. The van der Waals surface area contributed by atoms with Gasteiger partial charge in [0.25, 0.3) is 0 Å². The Morgan fingerprint density at radius 2 is 2.14 bits per heavy atom. The van der Waals surface area contributed by atoms with Crippen molar-refractivity contribution in [1.82, 2.24) is 0 Å². The van der Waals surface area contributed by atoms with Crippen LogP contribution < -0.4 is 5.11 Å². The molecule has 1 heterocycles. The van der Waals surface area contributed by atoms with Gasteiger partial charge in [-0.05, 0) is 17.5 Å². The summed E-state index contributed by atoms with van der Waals surface area (Å²) in [4.78, 5) is 11.5. The van der Waals surface area contributed by atoms with Gasteiger partial charge in [-0.1, -0.05) is 25.1 Å². The molecule has 0 spiro atoms. The van der Waals surface area contributed by atoms with E-state index in [2.05, 4.69) is 0 Å². The van der Waals surface area contributed by atoms with Crippen molar-refractivity contribution in [2.24, 2.45) is 0 Å². The van der Waals surface area contributed by atoms with Crippen LogP contribution in [-0.2, 0) is 4.79 Å². The number of benzene rings is 1. The summed E-state index contributed by atoms with van der Waals surface area (Å²) in [7, 11) is 0. The minimum absolute atomic E-state index is 0.521. The fourth-order valence-electron chi connectivity index (χ4n) is 1.33. The first-order valence-electron chi connectivity index (χ1n) is 4.38. The fraction of sp³-hybridized carbons (Fsp3) is 0.182. The molecule has 14 heavy (non-hydrogen) atoms. The molecule has 1 aromatic carbocycles. The lowest BCUT2D eigenvalue weighted by molar-refractivity contribution is -0.307. The molecule has 0 aliphatic carbocycles. The smallest absolute Gasteiger partial charge is 0.0494 e. The van der Waals surface area contributed by atoms with Crippen molar-refractivity contribution in [3.63, 3.8) is 0 Å². The topological polar surface area (TPSA) is 40.1 Å². The Kier molecular flexibility index (Phi) is 2.25. The van der Waals surface area contributed by atoms with Gasteiger partial charge in [0.15, 0.2) is 0 Å². The summed E-state index contributed by atoms with van der Waals surface area (Å²) in [5.74, 6) is -1.54. The summed E-state index contributed by atoms with van der Waals surface area (Å²) in [6, 6.07) is 9.79. The van der Waals surface area contributed by atoms with Crippen molar-refractivity contribution in [3.8, 4) is 0 Å². The van der Waals surface area contributed by atoms with Gasteiger partial charge in [0, 0.05) is 21.5 Å². The number of aliphatic carboxylic acids is 1. The summed E-state index contributed by atoms with van der Waals surface area (Å²) in [6.07, 6.45) is 0. The van der Waals surface area contributed by atoms with Crippen molar-refractivity contribution in [1.29, 1.82) is 0 Å². The van der Waals surface area contributed by atoms with E-state index in [-0.39, 0.29) is 0 Å². The number of fused-ring (bicyclic) bond motifs is 1. The van der Waals surface area contributed by atoms with Gasteiger partial charge >= 0.3 is 0 Å². The molecule has 0 amide bonds. The predicted molar refractivity (Wildman–Crippen MR) is 55.2 cm³/mol. The second-order valence-electron chi connectivity index (χ2n) is 3.23. The van der Waals surface area contributed by atoms with Crippen LogP contribution in [0.4, 0.5) is 0 Å². The Morgan fingerprint density at radius 3 is 2.79 bits per heavy atom. The van der Waals surface area contributed by atoms with E-state index in [1.807, 2.05) is 30.3 Å². The molecule has 3 heteroatoms. The van der Waals surface area contributed by atoms with Crippen LogP contribution in [0.3, 0.4) is 0 Å². The Labute approximate surface area is 85.8 Å². The average Bonchev–Trinajstić information content (AvgIpc) is 2.59. The maximum absolute atomic E-state index is 10.7. The molecule has 0 aliphatic heterocycles. The largest absolute Gasteiger partial charge is 0.549 e. The highest BCUT2D eigenvalue weighted by Gasteiger charge is 2.09. The molecule has 0 saturated heterocycles. The molecule has 2 aromatic rings. The van der Waals surface area contributed by atoms with Crippen LogP contribution in [0, 0.1) is 0 Å². The molecule has 0 unspecified atom stereocenters. The van der Waals surface area contributed by atoms with Gasteiger partial charge in [-0.3, -0.25) is 0 Å². The van der Waals surface area contributed by atoms with E-state index in [0.29, 0.717) is 0 Å². The molecular formula is C11H9O2S-. The van der Waals surface area contributed by atoms with E-state index >= 15 is 0 Å². The van der Waals surface area contributed by atoms with E-state index in [4.69, 9.17) is 0 Å². The maximum Gasteiger partial charge on any atom is 0.0494 e. The summed E-state index contributed by atoms with van der Waals surface area (Å²) < 4.78 is 1.12. The molecule has 0 N–H and O–H groups in total. The maximum atomic E-state index is 10.7. The van der Waals surface area contributed by atoms with Crippen molar-refractivity contribution < 1.29 is 9.90 Å². The second kappa shape index (κ2) is 3.42. The van der Waals surface area contributed by atoms with Gasteiger partial charge in [-0.15, -0.1) is 11.3 Å². The third-order valence-electron chi connectivity index (χ3n) is 2.22. The number of hydrogen-bond acceptors (Lipinski definition) is 3. The molecule has 72 valence electrons. The molecule has 0 bridgehead atoms. The molecule has 0 aliphatic rings. The fourth-order valence-corrected chi connectivity index (χ4v) is 2.44. The van der Waals surface area contributed by atoms with Gasteiger partial charge in [0.05, 0.1) is 0 Å². The van der Waals surface area contributed by atoms with E-state index < -0.39 is 11.9 Å². The monoisotopic (exact) mass is 205 g/mol. The lowest BCUT2D eigenvalue weighted by Crippen LogP contribution is -2.27. The van der Waals surface area contributed by atoms with Crippen molar-refractivity contribution in [3.05, 3.63) is 35.2 Å². The summed E-state index contributed by atoms with van der Waals surface area (Å²) in [5, 5.41) is 11.8. The Balaban J connectivity index is 2.50.